The summed E-state index contributed by atoms with van der Waals surface area (Å²) in [4.78, 5) is 10.0. The van der Waals surface area contributed by atoms with Gasteiger partial charge in [0.05, 0.1) is 44.6 Å². The van der Waals surface area contributed by atoms with Crippen LogP contribution in [0, 0.1) is 10.1 Å². The van der Waals surface area contributed by atoms with Gasteiger partial charge in [0.2, 0.25) is 0 Å². The molecular weight excluding hydrogens is 358 g/mol. The SMILES string of the molecule is O=[N+]([O-])c1ccc(OCCOCCOCCOCCBr)cc1. The zero-order valence-corrected chi connectivity index (χ0v) is 13.8. The molecule has 0 aliphatic heterocycles. The minimum Gasteiger partial charge on any atom is -0.491 e. The molecular formula is C14H20BrNO6. The highest BCUT2D eigenvalue weighted by Gasteiger charge is 2.03. The van der Waals surface area contributed by atoms with Crippen molar-refractivity contribution in [3.8, 4) is 5.75 Å². The van der Waals surface area contributed by atoms with E-state index >= 15 is 0 Å². The van der Waals surface area contributed by atoms with E-state index in [1.807, 2.05) is 0 Å². The van der Waals surface area contributed by atoms with Gasteiger partial charge in [0.1, 0.15) is 12.4 Å². The Bertz CT molecular complexity index is 414. The summed E-state index contributed by atoms with van der Waals surface area (Å²) in [6.45, 7) is 3.62. The number of nitro groups is 1. The van der Waals surface area contributed by atoms with Crippen LogP contribution in [0.3, 0.4) is 0 Å². The van der Waals surface area contributed by atoms with Crippen molar-refractivity contribution >= 4 is 21.6 Å². The number of benzene rings is 1. The van der Waals surface area contributed by atoms with E-state index in [-0.39, 0.29) is 5.69 Å². The van der Waals surface area contributed by atoms with Gasteiger partial charge < -0.3 is 18.9 Å². The zero-order chi connectivity index (χ0) is 16.0. The summed E-state index contributed by atoms with van der Waals surface area (Å²) in [7, 11) is 0. The second-order valence-electron chi connectivity index (χ2n) is 4.13. The normalized spacial score (nSPS) is 10.6. The molecule has 1 rings (SSSR count). The van der Waals surface area contributed by atoms with E-state index in [2.05, 4.69) is 15.9 Å². The third-order valence-electron chi connectivity index (χ3n) is 2.51. The minimum atomic E-state index is -0.447. The lowest BCUT2D eigenvalue weighted by atomic mass is 10.3. The summed E-state index contributed by atoms with van der Waals surface area (Å²) >= 11 is 3.27. The van der Waals surface area contributed by atoms with Crippen LogP contribution in [0.2, 0.25) is 0 Å². The molecule has 124 valence electrons. The largest absolute Gasteiger partial charge is 0.491 e. The molecule has 0 bridgehead atoms. The summed E-state index contributed by atoms with van der Waals surface area (Å²) in [5, 5.41) is 11.3. The van der Waals surface area contributed by atoms with Crippen LogP contribution in [0.1, 0.15) is 0 Å². The van der Waals surface area contributed by atoms with Gasteiger partial charge in [-0.05, 0) is 12.1 Å². The molecule has 8 heteroatoms. The Morgan fingerprint density at radius 2 is 1.36 bits per heavy atom. The van der Waals surface area contributed by atoms with E-state index in [9.17, 15) is 10.1 Å². The summed E-state index contributed by atoms with van der Waals surface area (Å²) in [6.07, 6.45) is 0. The summed E-state index contributed by atoms with van der Waals surface area (Å²) in [5.41, 5.74) is 0.0425. The van der Waals surface area contributed by atoms with Gasteiger partial charge in [-0.15, -0.1) is 0 Å². The van der Waals surface area contributed by atoms with Crippen LogP contribution in [0.5, 0.6) is 5.75 Å². The van der Waals surface area contributed by atoms with Crippen molar-refractivity contribution in [3.05, 3.63) is 34.4 Å². The fourth-order valence-corrected chi connectivity index (χ4v) is 1.71. The monoisotopic (exact) mass is 377 g/mol. The smallest absolute Gasteiger partial charge is 0.269 e. The highest BCUT2D eigenvalue weighted by atomic mass is 79.9. The van der Waals surface area contributed by atoms with Crippen LogP contribution < -0.4 is 4.74 Å². The fraction of sp³-hybridized carbons (Fsp3) is 0.571. The Morgan fingerprint density at radius 3 is 1.86 bits per heavy atom. The first-order valence-electron chi connectivity index (χ1n) is 6.90. The van der Waals surface area contributed by atoms with Gasteiger partial charge in [-0.25, -0.2) is 0 Å². The van der Waals surface area contributed by atoms with Crippen LogP contribution in [0.4, 0.5) is 5.69 Å². The number of rotatable bonds is 13. The Morgan fingerprint density at radius 1 is 0.864 bits per heavy atom. The Hall–Kier alpha value is -1.22. The Balaban J connectivity index is 1.94. The van der Waals surface area contributed by atoms with Crippen molar-refractivity contribution in [2.24, 2.45) is 0 Å². The van der Waals surface area contributed by atoms with Gasteiger partial charge in [-0.1, -0.05) is 15.9 Å². The van der Waals surface area contributed by atoms with Crippen LogP contribution >= 0.6 is 15.9 Å². The van der Waals surface area contributed by atoms with Gasteiger partial charge in [-0.2, -0.15) is 0 Å². The quantitative estimate of drug-likeness (QED) is 0.227. The van der Waals surface area contributed by atoms with Crippen LogP contribution in [0.25, 0.3) is 0 Å². The predicted molar refractivity (Wildman–Crippen MR) is 84.8 cm³/mol. The molecule has 1 aromatic rings. The second-order valence-corrected chi connectivity index (χ2v) is 4.92. The van der Waals surface area contributed by atoms with Crippen molar-refractivity contribution in [2.45, 2.75) is 0 Å². The molecule has 0 unspecified atom stereocenters. The van der Waals surface area contributed by atoms with Gasteiger partial charge >= 0.3 is 0 Å². The van der Waals surface area contributed by atoms with Gasteiger partial charge in [-0.3, -0.25) is 10.1 Å². The number of ether oxygens (including phenoxy) is 4. The summed E-state index contributed by atoms with van der Waals surface area (Å²) < 4.78 is 21.3. The number of non-ortho nitro benzene ring substituents is 1. The molecule has 0 spiro atoms. The Kier molecular flexibility index (Phi) is 10.6. The average Bonchev–Trinajstić information content (AvgIpc) is 2.53. The highest BCUT2D eigenvalue weighted by Crippen LogP contribution is 2.16. The maximum absolute atomic E-state index is 10.5. The lowest BCUT2D eigenvalue weighted by Crippen LogP contribution is -2.13. The summed E-state index contributed by atoms with van der Waals surface area (Å²) in [5.74, 6) is 0.578. The second kappa shape index (κ2) is 12.3. The number of nitrogens with zero attached hydrogens (tertiary/aromatic N) is 1. The molecule has 0 aliphatic rings. The number of alkyl halides is 1. The van der Waals surface area contributed by atoms with Crippen molar-refractivity contribution in [2.75, 3.05) is 51.6 Å². The average molecular weight is 378 g/mol. The molecule has 22 heavy (non-hydrogen) atoms. The fourth-order valence-electron chi connectivity index (χ4n) is 1.48. The third-order valence-corrected chi connectivity index (χ3v) is 2.83. The number of halogens is 1. The molecule has 0 N–H and O–H groups in total. The lowest BCUT2D eigenvalue weighted by molar-refractivity contribution is -0.384. The van der Waals surface area contributed by atoms with Crippen molar-refractivity contribution < 1.29 is 23.9 Å². The maximum Gasteiger partial charge on any atom is 0.269 e. The minimum absolute atomic E-state index is 0.0425. The topological polar surface area (TPSA) is 80.1 Å². The molecule has 0 heterocycles. The number of hydrogen-bond acceptors (Lipinski definition) is 6. The van der Waals surface area contributed by atoms with E-state index in [1.54, 1.807) is 12.1 Å². The lowest BCUT2D eigenvalue weighted by Gasteiger charge is -2.08. The molecule has 7 nitrogen and oxygen atoms in total. The van der Waals surface area contributed by atoms with E-state index in [4.69, 9.17) is 18.9 Å². The van der Waals surface area contributed by atoms with E-state index < -0.39 is 4.92 Å². The van der Waals surface area contributed by atoms with E-state index in [0.29, 0.717) is 52.0 Å². The molecule has 0 radical (unpaired) electrons. The first-order chi connectivity index (χ1) is 10.7. The highest BCUT2D eigenvalue weighted by molar-refractivity contribution is 9.09. The third kappa shape index (κ3) is 8.93. The standard InChI is InChI=1S/C14H20BrNO6/c15-5-6-19-7-8-20-9-10-21-11-12-22-14-3-1-13(2-4-14)16(17)18/h1-4H,5-12H2. The van der Waals surface area contributed by atoms with E-state index in [0.717, 1.165) is 5.33 Å². The zero-order valence-electron chi connectivity index (χ0n) is 12.2. The molecule has 0 aliphatic carbocycles. The first kappa shape index (κ1) is 18.8. The molecule has 0 amide bonds. The molecule has 0 atom stereocenters. The van der Waals surface area contributed by atoms with Crippen molar-refractivity contribution in [1.29, 1.82) is 0 Å². The number of hydrogen-bond donors (Lipinski definition) is 0. The van der Waals surface area contributed by atoms with Gasteiger partial charge in [0.25, 0.3) is 5.69 Å². The van der Waals surface area contributed by atoms with Crippen LogP contribution in [-0.4, -0.2) is 56.5 Å². The Labute approximate surface area is 137 Å². The first-order valence-corrected chi connectivity index (χ1v) is 8.02. The molecule has 0 aromatic heterocycles. The number of nitro benzene ring substituents is 1. The maximum atomic E-state index is 10.5. The molecule has 0 saturated heterocycles. The summed E-state index contributed by atoms with van der Waals surface area (Å²) in [6, 6.07) is 5.94. The van der Waals surface area contributed by atoms with Crippen molar-refractivity contribution in [3.63, 3.8) is 0 Å². The molecule has 0 fully saturated rings. The predicted octanol–water partition coefficient (Wildman–Crippen LogP) is 2.42. The van der Waals surface area contributed by atoms with Gasteiger partial charge in [0, 0.05) is 17.5 Å². The molecule has 0 saturated carbocycles. The molecule has 1 aromatic carbocycles. The van der Waals surface area contributed by atoms with Gasteiger partial charge in [0.15, 0.2) is 0 Å². The van der Waals surface area contributed by atoms with Crippen LogP contribution in [-0.2, 0) is 14.2 Å². The van der Waals surface area contributed by atoms with Crippen molar-refractivity contribution in [1.82, 2.24) is 0 Å². The van der Waals surface area contributed by atoms with Crippen LogP contribution in [0.15, 0.2) is 24.3 Å². The van der Waals surface area contributed by atoms with E-state index in [1.165, 1.54) is 12.1 Å².